The molecule has 0 unspecified atom stereocenters. The number of aryl methyl sites for hydroxylation is 1. The van der Waals surface area contributed by atoms with E-state index in [1.807, 2.05) is 30.0 Å². The summed E-state index contributed by atoms with van der Waals surface area (Å²) in [5.41, 5.74) is 1.88. The van der Waals surface area contributed by atoms with Crippen LogP contribution in [-0.4, -0.2) is 31.2 Å². The molecule has 1 aromatic carbocycles. The summed E-state index contributed by atoms with van der Waals surface area (Å²) < 4.78 is 14.5. The van der Waals surface area contributed by atoms with Gasteiger partial charge in [0.15, 0.2) is 5.82 Å². The Balaban J connectivity index is 1.72. The maximum Gasteiger partial charge on any atom is 0.151 e. The monoisotopic (exact) mass is 314 g/mol. The number of rotatable bonds is 4. The Hall–Kier alpha value is -2.50. The first-order valence-electron chi connectivity index (χ1n) is 7.69. The Kier molecular flexibility index (Phi) is 4.50. The molecule has 1 aromatic heterocycles. The van der Waals surface area contributed by atoms with Crippen LogP contribution in [0, 0.1) is 17.6 Å². The molecule has 0 aliphatic carbocycles. The Bertz CT molecular complexity index is 699. The molecule has 5 nitrogen and oxygen atoms in total. The highest BCUT2D eigenvalue weighted by molar-refractivity contribution is 5.52. The first-order valence-corrected chi connectivity index (χ1v) is 7.69. The van der Waals surface area contributed by atoms with Gasteiger partial charge in [0.2, 0.25) is 0 Å². The van der Waals surface area contributed by atoms with Gasteiger partial charge in [0.1, 0.15) is 12.4 Å². The highest BCUT2D eigenvalue weighted by atomic mass is 19.1. The van der Waals surface area contributed by atoms with Crippen molar-refractivity contribution in [3.63, 3.8) is 0 Å². The fraction of sp³-hybridized carbons (Fsp3) is 0.353. The largest absolute Gasteiger partial charge is 0.366 e. The lowest BCUT2D eigenvalue weighted by molar-refractivity contribution is 0.585. The number of anilines is 2. The molecule has 120 valence electrons. The van der Waals surface area contributed by atoms with E-state index in [2.05, 4.69) is 15.1 Å². The third-order valence-electron chi connectivity index (χ3n) is 4.11. The molecule has 0 atom stereocenters. The minimum absolute atomic E-state index is 0.132. The van der Waals surface area contributed by atoms with Gasteiger partial charge in [-0.05, 0) is 25.1 Å². The Labute approximate surface area is 134 Å². The zero-order valence-corrected chi connectivity index (χ0v) is 13.1. The highest BCUT2D eigenvalue weighted by Gasteiger charge is 2.21. The predicted octanol–water partition coefficient (Wildman–Crippen LogP) is 3.12. The van der Waals surface area contributed by atoms with Crippen molar-refractivity contribution in [2.75, 3.05) is 36.0 Å². The molecule has 1 saturated heterocycles. The lowest BCUT2D eigenvalue weighted by Crippen LogP contribution is -2.47. The second kappa shape index (κ2) is 6.73. The van der Waals surface area contributed by atoms with Gasteiger partial charge < -0.3 is 9.80 Å². The number of nitroso groups, excluding NO2 is 1. The highest BCUT2D eigenvalue weighted by Crippen LogP contribution is 2.25. The van der Waals surface area contributed by atoms with Crippen LogP contribution in [0.15, 0.2) is 41.6 Å². The SMILES string of the molecule is Cc1cccc(N2CCN(c3cccc(CN=O)c3F)CC2)n1. The van der Waals surface area contributed by atoms with Crippen LogP contribution in [0.4, 0.5) is 15.9 Å². The van der Waals surface area contributed by atoms with Crippen molar-refractivity contribution in [3.05, 3.63) is 58.4 Å². The molecular weight excluding hydrogens is 295 g/mol. The van der Waals surface area contributed by atoms with Crippen molar-refractivity contribution >= 4 is 11.5 Å². The molecule has 0 N–H and O–H groups in total. The Morgan fingerprint density at radius 1 is 1.09 bits per heavy atom. The number of hydrogen-bond acceptors (Lipinski definition) is 5. The molecule has 1 aliphatic heterocycles. The molecule has 0 bridgehead atoms. The molecular formula is C17H19FN4O. The second-order valence-electron chi connectivity index (χ2n) is 5.65. The quantitative estimate of drug-likeness (QED) is 0.814. The summed E-state index contributed by atoms with van der Waals surface area (Å²) in [5, 5.41) is 2.79. The van der Waals surface area contributed by atoms with Crippen molar-refractivity contribution < 1.29 is 4.39 Å². The fourth-order valence-corrected chi connectivity index (χ4v) is 2.88. The van der Waals surface area contributed by atoms with E-state index in [1.165, 1.54) is 0 Å². The van der Waals surface area contributed by atoms with Gasteiger partial charge in [0, 0.05) is 37.4 Å². The summed E-state index contributed by atoms with van der Waals surface area (Å²) >= 11 is 0. The fourth-order valence-electron chi connectivity index (χ4n) is 2.88. The summed E-state index contributed by atoms with van der Waals surface area (Å²) in [6, 6.07) is 11.1. The lowest BCUT2D eigenvalue weighted by Gasteiger charge is -2.37. The van der Waals surface area contributed by atoms with Gasteiger partial charge in [-0.1, -0.05) is 23.4 Å². The van der Waals surface area contributed by atoms with Gasteiger partial charge >= 0.3 is 0 Å². The summed E-state index contributed by atoms with van der Waals surface area (Å²) in [7, 11) is 0. The topological polar surface area (TPSA) is 48.8 Å². The van der Waals surface area contributed by atoms with Crippen LogP contribution >= 0.6 is 0 Å². The number of pyridine rings is 1. The third-order valence-corrected chi connectivity index (χ3v) is 4.11. The number of piperazine rings is 1. The first kappa shape index (κ1) is 15.4. The normalized spacial score (nSPS) is 14.9. The van der Waals surface area contributed by atoms with Gasteiger partial charge in [-0.15, -0.1) is 0 Å². The van der Waals surface area contributed by atoms with E-state index in [-0.39, 0.29) is 12.4 Å². The number of hydrogen-bond donors (Lipinski definition) is 0. The Morgan fingerprint density at radius 2 is 1.78 bits per heavy atom. The molecule has 1 aliphatic rings. The second-order valence-corrected chi connectivity index (χ2v) is 5.65. The standard InChI is InChI=1S/C17H19FN4O/c1-13-4-2-7-16(20-13)22-10-8-21(9-11-22)15-6-3-5-14(12-19-23)17(15)18/h2-7H,8-12H2,1H3. The molecule has 6 heteroatoms. The van der Waals surface area contributed by atoms with E-state index >= 15 is 0 Å². The average Bonchev–Trinajstić information content (AvgIpc) is 2.57. The van der Waals surface area contributed by atoms with Crippen LogP contribution in [0.5, 0.6) is 0 Å². The van der Waals surface area contributed by atoms with Gasteiger partial charge in [-0.2, -0.15) is 4.91 Å². The minimum atomic E-state index is -0.339. The van der Waals surface area contributed by atoms with Gasteiger partial charge in [-0.3, -0.25) is 0 Å². The van der Waals surface area contributed by atoms with E-state index in [4.69, 9.17) is 0 Å². The summed E-state index contributed by atoms with van der Waals surface area (Å²) in [5.74, 6) is 0.623. The molecule has 3 rings (SSSR count). The maximum absolute atomic E-state index is 14.5. The van der Waals surface area contributed by atoms with E-state index < -0.39 is 0 Å². The van der Waals surface area contributed by atoms with Crippen molar-refractivity contribution in [1.29, 1.82) is 0 Å². The summed E-state index contributed by atoms with van der Waals surface area (Å²) in [6.07, 6.45) is 0. The molecule has 0 amide bonds. The number of benzene rings is 1. The molecule has 2 heterocycles. The average molecular weight is 314 g/mol. The van der Waals surface area contributed by atoms with Crippen LogP contribution in [0.3, 0.4) is 0 Å². The minimum Gasteiger partial charge on any atom is -0.366 e. The first-order chi connectivity index (χ1) is 11.2. The molecule has 1 fully saturated rings. The van der Waals surface area contributed by atoms with Crippen molar-refractivity contribution in [3.8, 4) is 0 Å². The van der Waals surface area contributed by atoms with Crippen LogP contribution < -0.4 is 9.80 Å². The zero-order chi connectivity index (χ0) is 16.2. The maximum atomic E-state index is 14.5. The third kappa shape index (κ3) is 3.31. The Morgan fingerprint density at radius 3 is 2.48 bits per heavy atom. The number of halogens is 1. The molecule has 0 radical (unpaired) electrons. The van der Waals surface area contributed by atoms with Crippen LogP contribution in [0.1, 0.15) is 11.3 Å². The van der Waals surface area contributed by atoms with E-state index in [0.29, 0.717) is 24.3 Å². The molecule has 0 saturated carbocycles. The zero-order valence-electron chi connectivity index (χ0n) is 13.1. The molecule has 2 aromatic rings. The van der Waals surface area contributed by atoms with Crippen LogP contribution in [0.2, 0.25) is 0 Å². The van der Waals surface area contributed by atoms with E-state index in [9.17, 15) is 9.30 Å². The lowest BCUT2D eigenvalue weighted by atomic mass is 10.1. The van der Waals surface area contributed by atoms with Crippen LogP contribution in [-0.2, 0) is 6.54 Å². The van der Waals surface area contributed by atoms with E-state index in [1.54, 1.807) is 18.2 Å². The van der Waals surface area contributed by atoms with Crippen molar-refractivity contribution in [2.45, 2.75) is 13.5 Å². The molecule has 23 heavy (non-hydrogen) atoms. The predicted molar refractivity (Wildman–Crippen MR) is 89.3 cm³/mol. The number of aromatic nitrogens is 1. The van der Waals surface area contributed by atoms with Crippen molar-refractivity contribution in [2.24, 2.45) is 5.18 Å². The van der Waals surface area contributed by atoms with Gasteiger partial charge in [0.25, 0.3) is 0 Å². The van der Waals surface area contributed by atoms with Crippen LogP contribution in [0.25, 0.3) is 0 Å². The van der Waals surface area contributed by atoms with E-state index in [0.717, 1.165) is 24.6 Å². The van der Waals surface area contributed by atoms with Crippen molar-refractivity contribution in [1.82, 2.24) is 4.98 Å². The van der Waals surface area contributed by atoms with Gasteiger partial charge in [0.05, 0.1) is 5.69 Å². The van der Waals surface area contributed by atoms with Gasteiger partial charge in [-0.25, -0.2) is 9.37 Å². The smallest absolute Gasteiger partial charge is 0.151 e. The summed E-state index contributed by atoms with van der Waals surface area (Å²) in [6.45, 7) is 4.83. The summed E-state index contributed by atoms with van der Waals surface area (Å²) in [4.78, 5) is 19.2. The number of nitrogens with zero attached hydrogens (tertiary/aromatic N) is 4. The molecule has 0 spiro atoms.